The Morgan fingerprint density at radius 1 is 1.21 bits per heavy atom. The molecule has 134 valence electrons. The number of nitrogens with zero attached hydrogens (tertiary/aromatic N) is 2. The summed E-state index contributed by atoms with van der Waals surface area (Å²) < 4.78 is 51.7. The van der Waals surface area contributed by atoms with Crippen molar-refractivity contribution in [3.63, 3.8) is 0 Å². The number of nitrogens with one attached hydrogen (secondary N) is 1. The molecule has 1 N–H and O–H groups in total. The highest BCUT2D eigenvalue weighted by Gasteiger charge is 2.32. The van der Waals surface area contributed by atoms with Crippen molar-refractivity contribution in [3.05, 3.63) is 33.9 Å². The van der Waals surface area contributed by atoms with Gasteiger partial charge in [0.15, 0.2) is 0 Å². The second kappa shape index (κ2) is 6.75. The quantitative estimate of drug-likeness (QED) is 0.591. The second-order valence-corrected chi connectivity index (χ2v) is 9.46. The lowest BCUT2D eigenvalue weighted by molar-refractivity contribution is -0.385. The summed E-state index contributed by atoms with van der Waals surface area (Å²) in [6, 6.07) is 3.42. The fraction of sp³-hybridized carbons (Fsp3) is 0.538. The predicted octanol–water partition coefficient (Wildman–Crippen LogP) is 0.606. The van der Waals surface area contributed by atoms with E-state index in [0.29, 0.717) is 18.4 Å². The summed E-state index contributed by atoms with van der Waals surface area (Å²) in [5.41, 5.74) is 0.143. The molecule has 1 aliphatic heterocycles. The molecule has 1 fully saturated rings. The zero-order valence-corrected chi connectivity index (χ0v) is 14.9. The summed E-state index contributed by atoms with van der Waals surface area (Å²) in [6.07, 6.45) is 1.75. The molecule has 0 aromatic heterocycles. The van der Waals surface area contributed by atoms with E-state index < -0.39 is 25.0 Å². The third kappa shape index (κ3) is 4.29. The molecule has 9 nitrogen and oxygen atoms in total. The van der Waals surface area contributed by atoms with Gasteiger partial charge in [0.25, 0.3) is 5.69 Å². The molecule has 0 radical (unpaired) electrons. The number of nitro groups is 1. The van der Waals surface area contributed by atoms with Crippen molar-refractivity contribution >= 4 is 25.7 Å². The van der Waals surface area contributed by atoms with Crippen LogP contribution in [0.3, 0.4) is 0 Å². The van der Waals surface area contributed by atoms with Crippen LogP contribution in [0, 0.1) is 17.0 Å². The molecule has 0 saturated carbocycles. The zero-order valence-electron chi connectivity index (χ0n) is 13.3. The molecule has 11 heteroatoms. The van der Waals surface area contributed by atoms with Crippen LogP contribution in [0.2, 0.25) is 0 Å². The predicted molar refractivity (Wildman–Crippen MR) is 87.6 cm³/mol. The van der Waals surface area contributed by atoms with E-state index >= 15 is 0 Å². The Kier molecular flexibility index (Phi) is 5.28. The maximum Gasteiger partial charge on any atom is 0.270 e. The summed E-state index contributed by atoms with van der Waals surface area (Å²) >= 11 is 0. The van der Waals surface area contributed by atoms with Crippen LogP contribution < -0.4 is 4.72 Å². The average Bonchev–Trinajstić information content (AvgIpc) is 2.46. The number of hydrogen-bond donors (Lipinski definition) is 1. The van der Waals surface area contributed by atoms with Gasteiger partial charge in [-0.2, -0.15) is 4.31 Å². The Morgan fingerprint density at radius 3 is 2.29 bits per heavy atom. The Bertz CT molecular complexity index is 842. The summed E-state index contributed by atoms with van der Waals surface area (Å²) in [4.78, 5) is 10.1. The van der Waals surface area contributed by atoms with Gasteiger partial charge in [-0.25, -0.2) is 21.6 Å². The van der Waals surface area contributed by atoms with Crippen LogP contribution in [0.1, 0.15) is 18.4 Å². The van der Waals surface area contributed by atoms with Gasteiger partial charge in [0.2, 0.25) is 20.0 Å². The summed E-state index contributed by atoms with van der Waals surface area (Å²) in [5.74, 6) is 0. The summed E-state index contributed by atoms with van der Waals surface area (Å²) in [7, 11) is -7.21. The van der Waals surface area contributed by atoms with Crippen molar-refractivity contribution in [2.24, 2.45) is 0 Å². The first-order valence-corrected chi connectivity index (χ1v) is 10.6. The number of aryl methyl sites for hydroxylation is 1. The van der Waals surface area contributed by atoms with Crippen molar-refractivity contribution in [2.75, 3.05) is 19.3 Å². The van der Waals surface area contributed by atoms with Gasteiger partial charge in [0.1, 0.15) is 0 Å². The first-order valence-electron chi connectivity index (χ1n) is 7.23. The van der Waals surface area contributed by atoms with Crippen LogP contribution in [-0.2, 0) is 20.0 Å². The van der Waals surface area contributed by atoms with Gasteiger partial charge in [-0.3, -0.25) is 10.1 Å². The van der Waals surface area contributed by atoms with Gasteiger partial charge in [-0.15, -0.1) is 0 Å². The highest BCUT2D eigenvalue weighted by molar-refractivity contribution is 7.89. The summed E-state index contributed by atoms with van der Waals surface area (Å²) in [5, 5.41) is 10.9. The lowest BCUT2D eigenvalue weighted by atomic mass is 10.1. The Hall–Kier alpha value is -1.56. The van der Waals surface area contributed by atoms with E-state index in [1.807, 2.05) is 0 Å². The minimum atomic E-state index is -3.86. The molecule has 24 heavy (non-hydrogen) atoms. The topological polar surface area (TPSA) is 127 Å². The van der Waals surface area contributed by atoms with Crippen molar-refractivity contribution < 1.29 is 21.8 Å². The fourth-order valence-electron chi connectivity index (χ4n) is 2.64. The van der Waals surface area contributed by atoms with E-state index in [1.165, 1.54) is 16.4 Å². The molecule has 1 saturated heterocycles. The number of non-ortho nitro benzene ring substituents is 1. The Balaban J connectivity index is 2.21. The first kappa shape index (κ1) is 18.8. The van der Waals surface area contributed by atoms with Crippen molar-refractivity contribution in [2.45, 2.75) is 30.7 Å². The fourth-order valence-corrected chi connectivity index (χ4v) is 5.19. The lowest BCUT2D eigenvalue weighted by Gasteiger charge is -2.31. The van der Waals surface area contributed by atoms with E-state index in [1.54, 1.807) is 6.92 Å². The summed E-state index contributed by atoms with van der Waals surface area (Å²) in [6.45, 7) is 1.88. The van der Waals surface area contributed by atoms with Crippen LogP contribution in [0.15, 0.2) is 23.1 Å². The normalized spacial score (nSPS) is 17.8. The first-order chi connectivity index (χ1) is 11.0. The van der Waals surface area contributed by atoms with E-state index in [4.69, 9.17) is 0 Å². The number of sulfonamides is 2. The number of rotatable bonds is 5. The molecule has 0 amide bonds. The molecule has 0 bridgehead atoms. The van der Waals surface area contributed by atoms with Crippen LogP contribution in [0.25, 0.3) is 0 Å². The van der Waals surface area contributed by atoms with E-state index in [0.717, 1.165) is 12.3 Å². The maximum atomic E-state index is 12.7. The molecule has 2 rings (SSSR count). The molecule has 1 aromatic carbocycles. The number of nitro benzene ring substituents is 1. The van der Waals surface area contributed by atoms with Crippen LogP contribution >= 0.6 is 0 Å². The number of piperidine rings is 1. The highest BCUT2D eigenvalue weighted by Crippen LogP contribution is 2.26. The Labute approximate surface area is 140 Å². The van der Waals surface area contributed by atoms with E-state index in [2.05, 4.69) is 4.72 Å². The molecular weight excluding hydrogens is 358 g/mol. The monoisotopic (exact) mass is 377 g/mol. The minimum Gasteiger partial charge on any atom is -0.258 e. The third-order valence-corrected chi connectivity index (χ3v) is 6.64. The minimum absolute atomic E-state index is 0.0915. The highest BCUT2D eigenvalue weighted by atomic mass is 32.2. The van der Waals surface area contributed by atoms with E-state index in [-0.39, 0.29) is 29.7 Å². The molecule has 1 aliphatic rings. The van der Waals surface area contributed by atoms with Crippen LogP contribution in [-0.4, -0.2) is 51.5 Å². The third-order valence-electron chi connectivity index (χ3n) is 3.84. The molecule has 0 aliphatic carbocycles. The Morgan fingerprint density at radius 2 is 1.79 bits per heavy atom. The zero-order chi connectivity index (χ0) is 18.1. The average molecular weight is 377 g/mol. The van der Waals surface area contributed by atoms with Crippen LogP contribution in [0.5, 0.6) is 0 Å². The molecule has 0 spiro atoms. The van der Waals surface area contributed by atoms with Gasteiger partial charge in [-0.1, -0.05) is 6.07 Å². The number of hydrogen-bond acceptors (Lipinski definition) is 6. The smallest absolute Gasteiger partial charge is 0.258 e. The van der Waals surface area contributed by atoms with Gasteiger partial charge in [0, 0.05) is 31.3 Å². The SMILES string of the molecule is Cc1ccc([N+](=O)[O-])cc1S(=O)(=O)N1CCC(NS(C)(=O)=O)CC1. The van der Waals surface area contributed by atoms with Gasteiger partial charge in [-0.05, 0) is 25.3 Å². The van der Waals surface area contributed by atoms with Gasteiger partial charge >= 0.3 is 0 Å². The van der Waals surface area contributed by atoms with E-state index in [9.17, 15) is 26.9 Å². The molecule has 1 heterocycles. The molecule has 1 aromatic rings. The molecule has 0 unspecified atom stereocenters. The van der Waals surface area contributed by atoms with Crippen molar-refractivity contribution in [1.82, 2.24) is 9.03 Å². The number of benzene rings is 1. The maximum absolute atomic E-state index is 12.7. The standard InChI is InChI=1S/C13H19N3O6S2/c1-10-3-4-12(16(17)18)9-13(10)24(21,22)15-7-5-11(6-8-15)14-23(2,19)20/h3-4,9,11,14H,5-8H2,1-2H3. The second-order valence-electron chi connectivity index (χ2n) is 5.78. The molecular formula is C13H19N3O6S2. The van der Waals surface area contributed by atoms with Gasteiger partial charge in [0.05, 0.1) is 16.1 Å². The molecule has 0 atom stereocenters. The van der Waals surface area contributed by atoms with Crippen molar-refractivity contribution in [3.8, 4) is 0 Å². The van der Waals surface area contributed by atoms with Gasteiger partial charge < -0.3 is 0 Å². The van der Waals surface area contributed by atoms with Crippen LogP contribution in [0.4, 0.5) is 5.69 Å². The van der Waals surface area contributed by atoms with Crippen molar-refractivity contribution in [1.29, 1.82) is 0 Å². The largest absolute Gasteiger partial charge is 0.270 e. The lowest BCUT2D eigenvalue weighted by Crippen LogP contribution is -2.46.